The maximum absolute atomic E-state index is 13.7. The summed E-state index contributed by atoms with van der Waals surface area (Å²) in [6, 6.07) is 8.91. The second kappa shape index (κ2) is 5.63. The molecule has 2 rings (SSSR count). The predicted octanol–water partition coefficient (Wildman–Crippen LogP) is 4.11. The molecule has 0 aliphatic heterocycles. The highest BCUT2D eigenvalue weighted by Gasteiger charge is 2.11. The lowest BCUT2D eigenvalue weighted by Crippen LogP contribution is -2.14. The molecular formula is C13H9BrF2N2S. The number of hydrogen-bond donors (Lipinski definition) is 2. The molecular weight excluding hydrogens is 334 g/mol. The molecule has 0 aliphatic rings. The van der Waals surface area contributed by atoms with E-state index in [1.807, 2.05) is 0 Å². The zero-order valence-corrected chi connectivity index (χ0v) is 12.0. The zero-order valence-electron chi connectivity index (χ0n) is 9.58. The van der Waals surface area contributed by atoms with Crippen LogP contribution < -0.4 is 11.1 Å². The summed E-state index contributed by atoms with van der Waals surface area (Å²) in [6.45, 7) is 0. The van der Waals surface area contributed by atoms with E-state index < -0.39 is 11.6 Å². The van der Waals surface area contributed by atoms with Crippen molar-refractivity contribution in [3.63, 3.8) is 0 Å². The van der Waals surface area contributed by atoms with Gasteiger partial charge in [0.05, 0.1) is 15.7 Å². The van der Waals surface area contributed by atoms with Gasteiger partial charge in [0.15, 0.2) is 0 Å². The highest BCUT2D eigenvalue weighted by molar-refractivity contribution is 9.10. The molecule has 0 aromatic heterocycles. The molecule has 0 aliphatic carbocycles. The number of nitrogens with one attached hydrogen (secondary N) is 1. The molecule has 0 amide bonds. The molecule has 2 aromatic carbocycles. The van der Waals surface area contributed by atoms with Crippen LogP contribution in [0, 0.1) is 11.6 Å². The minimum Gasteiger partial charge on any atom is -0.389 e. The number of hydrogen-bond acceptors (Lipinski definition) is 2. The van der Waals surface area contributed by atoms with E-state index in [0.717, 1.165) is 0 Å². The van der Waals surface area contributed by atoms with Crippen LogP contribution in [0.25, 0.3) is 0 Å². The molecule has 0 atom stereocenters. The predicted molar refractivity (Wildman–Crippen MR) is 79.7 cm³/mol. The summed E-state index contributed by atoms with van der Waals surface area (Å²) >= 11 is 7.88. The smallest absolute Gasteiger partial charge is 0.139 e. The van der Waals surface area contributed by atoms with Gasteiger partial charge in [0.25, 0.3) is 0 Å². The van der Waals surface area contributed by atoms with E-state index in [-0.39, 0.29) is 10.6 Å². The van der Waals surface area contributed by atoms with E-state index in [0.29, 0.717) is 15.8 Å². The normalized spacial score (nSPS) is 10.3. The second-order valence-electron chi connectivity index (χ2n) is 3.78. The van der Waals surface area contributed by atoms with Gasteiger partial charge < -0.3 is 11.1 Å². The molecule has 0 spiro atoms. The first-order valence-electron chi connectivity index (χ1n) is 5.29. The highest BCUT2D eigenvalue weighted by Crippen LogP contribution is 2.25. The Balaban J connectivity index is 2.40. The average Bonchev–Trinajstić information content (AvgIpc) is 2.33. The lowest BCUT2D eigenvalue weighted by molar-refractivity contribution is 0.621. The first-order valence-corrected chi connectivity index (χ1v) is 6.49. The van der Waals surface area contributed by atoms with Gasteiger partial charge in [0, 0.05) is 5.69 Å². The summed E-state index contributed by atoms with van der Waals surface area (Å²) < 4.78 is 27.4. The Morgan fingerprint density at radius 2 is 1.89 bits per heavy atom. The van der Waals surface area contributed by atoms with Crippen molar-refractivity contribution < 1.29 is 8.78 Å². The Labute approximate surface area is 122 Å². The standard InChI is InChI=1S/C13H9BrF2N2S/c14-8-5-4-7(6-10(8)16)18-11-3-1-2-9(15)12(11)13(17)19/h1-6,18H,(H2,17,19). The molecule has 6 heteroatoms. The molecule has 0 saturated carbocycles. The maximum atomic E-state index is 13.7. The van der Waals surface area contributed by atoms with E-state index in [1.54, 1.807) is 18.2 Å². The first kappa shape index (κ1) is 13.9. The van der Waals surface area contributed by atoms with Gasteiger partial charge in [-0.3, -0.25) is 0 Å². The SMILES string of the molecule is NC(=S)c1c(F)cccc1Nc1ccc(Br)c(F)c1. The molecule has 0 saturated heterocycles. The van der Waals surface area contributed by atoms with Crippen LogP contribution in [0.4, 0.5) is 20.2 Å². The zero-order chi connectivity index (χ0) is 14.0. The first-order chi connectivity index (χ1) is 8.99. The van der Waals surface area contributed by atoms with Gasteiger partial charge in [-0.1, -0.05) is 18.3 Å². The van der Waals surface area contributed by atoms with Gasteiger partial charge in [0.2, 0.25) is 0 Å². The van der Waals surface area contributed by atoms with E-state index >= 15 is 0 Å². The topological polar surface area (TPSA) is 38.0 Å². The Morgan fingerprint density at radius 3 is 2.53 bits per heavy atom. The molecule has 3 N–H and O–H groups in total. The lowest BCUT2D eigenvalue weighted by atomic mass is 10.1. The van der Waals surface area contributed by atoms with E-state index in [9.17, 15) is 8.78 Å². The third-order valence-electron chi connectivity index (χ3n) is 2.46. The van der Waals surface area contributed by atoms with Gasteiger partial charge >= 0.3 is 0 Å². The van der Waals surface area contributed by atoms with Crippen molar-refractivity contribution in [2.75, 3.05) is 5.32 Å². The molecule has 0 unspecified atom stereocenters. The summed E-state index contributed by atoms with van der Waals surface area (Å²) in [5.74, 6) is -0.937. The van der Waals surface area contributed by atoms with E-state index in [1.165, 1.54) is 18.2 Å². The van der Waals surface area contributed by atoms with Crippen LogP contribution in [0.15, 0.2) is 40.9 Å². The molecule has 0 bridgehead atoms. The van der Waals surface area contributed by atoms with Crippen molar-refractivity contribution in [3.8, 4) is 0 Å². The third kappa shape index (κ3) is 3.08. The fourth-order valence-corrected chi connectivity index (χ4v) is 2.06. The van der Waals surface area contributed by atoms with Crippen LogP contribution in [0.3, 0.4) is 0 Å². The average molecular weight is 343 g/mol. The summed E-state index contributed by atoms with van der Waals surface area (Å²) in [5.41, 5.74) is 6.48. The number of nitrogens with two attached hydrogens (primary N) is 1. The molecule has 2 aromatic rings. The Bertz CT molecular complexity index is 647. The number of anilines is 2. The van der Waals surface area contributed by atoms with Crippen LogP contribution >= 0.6 is 28.1 Å². The minimum atomic E-state index is -0.518. The second-order valence-corrected chi connectivity index (χ2v) is 5.07. The van der Waals surface area contributed by atoms with Crippen LogP contribution in [0.5, 0.6) is 0 Å². The van der Waals surface area contributed by atoms with Crippen molar-refractivity contribution in [2.24, 2.45) is 5.73 Å². The van der Waals surface area contributed by atoms with Crippen LogP contribution in [0.1, 0.15) is 5.56 Å². The van der Waals surface area contributed by atoms with Gasteiger partial charge in [-0.15, -0.1) is 0 Å². The Kier molecular flexibility index (Phi) is 4.11. The molecule has 19 heavy (non-hydrogen) atoms. The number of thiocarbonyl (C=S) groups is 1. The van der Waals surface area contributed by atoms with Gasteiger partial charge in [-0.05, 0) is 46.3 Å². The number of benzene rings is 2. The van der Waals surface area contributed by atoms with Gasteiger partial charge in [-0.25, -0.2) is 8.78 Å². The van der Waals surface area contributed by atoms with Crippen molar-refractivity contribution in [1.29, 1.82) is 0 Å². The maximum Gasteiger partial charge on any atom is 0.139 e. The minimum absolute atomic E-state index is 0.0572. The van der Waals surface area contributed by atoms with Crippen molar-refractivity contribution in [1.82, 2.24) is 0 Å². The van der Waals surface area contributed by atoms with Gasteiger partial charge in [0.1, 0.15) is 16.6 Å². The molecule has 0 radical (unpaired) electrons. The van der Waals surface area contributed by atoms with Gasteiger partial charge in [-0.2, -0.15) is 0 Å². The van der Waals surface area contributed by atoms with Crippen LogP contribution in [0.2, 0.25) is 0 Å². The molecule has 98 valence electrons. The largest absolute Gasteiger partial charge is 0.389 e. The number of rotatable bonds is 3. The Hall–Kier alpha value is -1.53. The van der Waals surface area contributed by atoms with E-state index in [4.69, 9.17) is 18.0 Å². The van der Waals surface area contributed by atoms with E-state index in [2.05, 4.69) is 21.2 Å². The molecule has 0 fully saturated rings. The fraction of sp³-hybridized carbons (Fsp3) is 0. The van der Waals surface area contributed by atoms with Crippen molar-refractivity contribution in [2.45, 2.75) is 0 Å². The quantitative estimate of drug-likeness (QED) is 0.824. The third-order valence-corrected chi connectivity index (χ3v) is 3.31. The summed E-state index contributed by atoms with van der Waals surface area (Å²) in [6.07, 6.45) is 0. The fourth-order valence-electron chi connectivity index (χ4n) is 1.61. The van der Waals surface area contributed by atoms with Crippen molar-refractivity contribution >= 4 is 44.5 Å². The summed E-state index contributed by atoms with van der Waals surface area (Å²) in [5, 5.41) is 2.89. The summed E-state index contributed by atoms with van der Waals surface area (Å²) in [7, 11) is 0. The highest BCUT2D eigenvalue weighted by atomic mass is 79.9. The Morgan fingerprint density at radius 1 is 1.16 bits per heavy atom. The van der Waals surface area contributed by atoms with Crippen molar-refractivity contribution in [3.05, 3.63) is 58.1 Å². The molecule has 0 heterocycles. The lowest BCUT2D eigenvalue weighted by Gasteiger charge is -2.12. The molecule has 2 nitrogen and oxygen atoms in total. The summed E-state index contributed by atoms with van der Waals surface area (Å²) in [4.78, 5) is -0.0572. The van der Waals surface area contributed by atoms with Crippen LogP contribution in [-0.4, -0.2) is 4.99 Å². The number of halogens is 3. The monoisotopic (exact) mass is 342 g/mol. The van der Waals surface area contributed by atoms with Crippen LogP contribution in [-0.2, 0) is 0 Å².